The van der Waals surface area contributed by atoms with E-state index in [9.17, 15) is 9.90 Å². The monoisotopic (exact) mass is 266 g/mol. The summed E-state index contributed by atoms with van der Waals surface area (Å²) in [7, 11) is 0. The maximum Gasteiger partial charge on any atom is 0.338 e. The third-order valence-electron chi connectivity index (χ3n) is 2.94. The third-order valence-corrected chi connectivity index (χ3v) is 2.94. The van der Waals surface area contributed by atoms with Crippen LogP contribution >= 0.6 is 0 Å². The summed E-state index contributed by atoms with van der Waals surface area (Å²) < 4.78 is 15.7. The first-order valence-corrected chi connectivity index (χ1v) is 6.38. The second kappa shape index (κ2) is 6.65. The summed E-state index contributed by atoms with van der Waals surface area (Å²) in [6, 6.07) is 8.76. The number of carbonyl (C=O) groups excluding carboxylic acids is 1. The third kappa shape index (κ3) is 3.76. The van der Waals surface area contributed by atoms with E-state index in [-0.39, 0.29) is 18.8 Å². The van der Waals surface area contributed by atoms with E-state index < -0.39 is 12.3 Å². The molecule has 1 saturated heterocycles. The SMILES string of the molecule is CCOC1CC(COC(=O)c2ccccc2)OC1O. The van der Waals surface area contributed by atoms with E-state index in [1.54, 1.807) is 24.3 Å². The Labute approximate surface area is 112 Å². The highest BCUT2D eigenvalue weighted by molar-refractivity contribution is 5.89. The lowest BCUT2D eigenvalue weighted by Gasteiger charge is -2.11. The fourth-order valence-electron chi connectivity index (χ4n) is 2.01. The van der Waals surface area contributed by atoms with Crippen LogP contribution < -0.4 is 0 Å². The van der Waals surface area contributed by atoms with Crippen LogP contribution in [-0.2, 0) is 14.2 Å². The normalized spacial score (nSPS) is 26.3. The number of benzene rings is 1. The molecule has 0 saturated carbocycles. The quantitative estimate of drug-likeness (QED) is 0.815. The van der Waals surface area contributed by atoms with Gasteiger partial charge in [0.2, 0.25) is 0 Å². The van der Waals surface area contributed by atoms with E-state index in [0.29, 0.717) is 18.6 Å². The summed E-state index contributed by atoms with van der Waals surface area (Å²) in [5.74, 6) is -0.390. The summed E-state index contributed by atoms with van der Waals surface area (Å²) in [6.07, 6.45) is -1.08. The van der Waals surface area contributed by atoms with Crippen molar-refractivity contribution < 1.29 is 24.1 Å². The molecule has 3 unspecified atom stereocenters. The average Bonchev–Trinajstić information content (AvgIpc) is 2.78. The van der Waals surface area contributed by atoms with Crippen LogP contribution in [-0.4, -0.2) is 42.8 Å². The van der Waals surface area contributed by atoms with Crippen molar-refractivity contribution in [3.63, 3.8) is 0 Å². The smallest absolute Gasteiger partial charge is 0.338 e. The molecule has 1 aliphatic rings. The van der Waals surface area contributed by atoms with Gasteiger partial charge in [-0.2, -0.15) is 0 Å². The Kier molecular flexibility index (Phi) is 4.90. The van der Waals surface area contributed by atoms with Gasteiger partial charge in [0.1, 0.15) is 12.7 Å². The fourth-order valence-corrected chi connectivity index (χ4v) is 2.01. The van der Waals surface area contributed by atoms with Crippen LogP contribution in [0.1, 0.15) is 23.7 Å². The van der Waals surface area contributed by atoms with Gasteiger partial charge in [-0.25, -0.2) is 4.79 Å². The number of rotatable bonds is 5. The van der Waals surface area contributed by atoms with Crippen molar-refractivity contribution in [2.45, 2.75) is 31.8 Å². The predicted octanol–water partition coefficient (Wildman–Crippen LogP) is 1.36. The maximum absolute atomic E-state index is 11.7. The Balaban J connectivity index is 1.79. The van der Waals surface area contributed by atoms with Crippen molar-refractivity contribution >= 4 is 5.97 Å². The number of hydrogen-bond donors (Lipinski definition) is 1. The van der Waals surface area contributed by atoms with Crippen molar-refractivity contribution in [3.05, 3.63) is 35.9 Å². The highest BCUT2D eigenvalue weighted by Crippen LogP contribution is 2.22. The maximum atomic E-state index is 11.7. The number of esters is 1. The molecule has 5 heteroatoms. The molecule has 1 aromatic rings. The minimum Gasteiger partial charge on any atom is -0.459 e. The predicted molar refractivity (Wildman–Crippen MR) is 67.6 cm³/mol. The summed E-state index contributed by atoms with van der Waals surface area (Å²) in [4.78, 5) is 11.7. The summed E-state index contributed by atoms with van der Waals surface area (Å²) in [5.41, 5.74) is 0.502. The van der Waals surface area contributed by atoms with Gasteiger partial charge in [0.25, 0.3) is 0 Å². The first-order chi connectivity index (χ1) is 9.20. The van der Waals surface area contributed by atoms with Crippen LogP contribution in [0, 0.1) is 0 Å². The molecule has 5 nitrogen and oxygen atoms in total. The zero-order valence-corrected chi connectivity index (χ0v) is 10.8. The number of aliphatic hydroxyl groups is 1. The van der Waals surface area contributed by atoms with Crippen LogP contribution in [0.2, 0.25) is 0 Å². The molecule has 0 spiro atoms. The number of aliphatic hydroxyl groups excluding tert-OH is 1. The highest BCUT2D eigenvalue weighted by atomic mass is 16.7. The first-order valence-electron chi connectivity index (χ1n) is 6.38. The number of carbonyl (C=O) groups is 1. The van der Waals surface area contributed by atoms with Crippen molar-refractivity contribution in [3.8, 4) is 0 Å². The number of ether oxygens (including phenoxy) is 3. The lowest BCUT2D eigenvalue weighted by Crippen LogP contribution is -2.23. The molecule has 19 heavy (non-hydrogen) atoms. The molecule has 1 fully saturated rings. The van der Waals surface area contributed by atoms with Gasteiger partial charge in [0.15, 0.2) is 6.29 Å². The zero-order valence-electron chi connectivity index (χ0n) is 10.8. The van der Waals surface area contributed by atoms with Gasteiger partial charge in [-0.1, -0.05) is 18.2 Å². The van der Waals surface area contributed by atoms with Crippen LogP contribution in [0.3, 0.4) is 0 Å². The van der Waals surface area contributed by atoms with Gasteiger partial charge in [0.05, 0.1) is 11.7 Å². The van der Waals surface area contributed by atoms with E-state index in [4.69, 9.17) is 14.2 Å². The first kappa shape index (κ1) is 14.0. The van der Waals surface area contributed by atoms with Crippen molar-refractivity contribution in [1.82, 2.24) is 0 Å². The topological polar surface area (TPSA) is 65.0 Å². The Morgan fingerprint density at radius 1 is 1.42 bits per heavy atom. The second-order valence-corrected chi connectivity index (χ2v) is 4.34. The fraction of sp³-hybridized carbons (Fsp3) is 0.500. The van der Waals surface area contributed by atoms with Gasteiger partial charge < -0.3 is 19.3 Å². The Hall–Kier alpha value is -1.43. The Bertz CT molecular complexity index is 406. The lowest BCUT2D eigenvalue weighted by molar-refractivity contribution is -0.145. The summed E-state index contributed by atoms with van der Waals surface area (Å²) in [5, 5.41) is 9.59. The van der Waals surface area contributed by atoms with E-state index in [2.05, 4.69) is 0 Å². The average molecular weight is 266 g/mol. The van der Waals surface area contributed by atoms with Crippen LogP contribution in [0.5, 0.6) is 0 Å². The van der Waals surface area contributed by atoms with Crippen molar-refractivity contribution in [2.75, 3.05) is 13.2 Å². The molecule has 0 aromatic heterocycles. The Morgan fingerprint density at radius 2 is 2.16 bits per heavy atom. The second-order valence-electron chi connectivity index (χ2n) is 4.34. The zero-order chi connectivity index (χ0) is 13.7. The van der Waals surface area contributed by atoms with Gasteiger partial charge in [0, 0.05) is 13.0 Å². The summed E-state index contributed by atoms with van der Waals surface area (Å²) in [6.45, 7) is 2.49. The molecule has 0 radical (unpaired) electrons. The number of hydrogen-bond acceptors (Lipinski definition) is 5. The molecule has 0 bridgehead atoms. The van der Waals surface area contributed by atoms with Gasteiger partial charge in [-0.05, 0) is 19.1 Å². The van der Waals surface area contributed by atoms with Gasteiger partial charge in [-0.15, -0.1) is 0 Å². The molecular formula is C14H18O5. The van der Waals surface area contributed by atoms with E-state index in [1.807, 2.05) is 13.0 Å². The Morgan fingerprint density at radius 3 is 2.84 bits per heavy atom. The molecule has 104 valence electrons. The summed E-state index contributed by atoms with van der Waals surface area (Å²) >= 11 is 0. The minimum atomic E-state index is -0.944. The molecule has 2 rings (SSSR count). The van der Waals surface area contributed by atoms with Crippen LogP contribution in [0.25, 0.3) is 0 Å². The van der Waals surface area contributed by atoms with E-state index in [1.165, 1.54) is 0 Å². The van der Waals surface area contributed by atoms with Crippen LogP contribution in [0.15, 0.2) is 30.3 Å². The van der Waals surface area contributed by atoms with Crippen molar-refractivity contribution in [2.24, 2.45) is 0 Å². The molecule has 1 aliphatic heterocycles. The molecule has 1 N–H and O–H groups in total. The van der Waals surface area contributed by atoms with Crippen LogP contribution in [0.4, 0.5) is 0 Å². The minimum absolute atomic E-state index is 0.119. The highest BCUT2D eigenvalue weighted by Gasteiger charge is 2.35. The van der Waals surface area contributed by atoms with Crippen molar-refractivity contribution in [1.29, 1.82) is 0 Å². The standard InChI is InChI=1S/C14H18O5/c1-2-17-12-8-11(19-14(12)16)9-18-13(15)10-6-4-3-5-7-10/h3-7,11-12,14,16H,2,8-9H2,1H3. The molecule has 1 heterocycles. The van der Waals surface area contributed by atoms with Gasteiger partial charge in [-0.3, -0.25) is 0 Å². The molecular weight excluding hydrogens is 248 g/mol. The molecule has 0 amide bonds. The van der Waals surface area contributed by atoms with E-state index >= 15 is 0 Å². The molecule has 1 aromatic carbocycles. The lowest BCUT2D eigenvalue weighted by atomic mass is 10.2. The largest absolute Gasteiger partial charge is 0.459 e. The van der Waals surface area contributed by atoms with E-state index in [0.717, 1.165) is 0 Å². The van der Waals surface area contributed by atoms with Gasteiger partial charge >= 0.3 is 5.97 Å². The molecule has 3 atom stereocenters. The molecule has 0 aliphatic carbocycles.